The van der Waals surface area contributed by atoms with E-state index in [1.165, 1.54) is 11.3 Å². The van der Waals surface area contributed by atoms with Crippen molar-refractivity contribution >= 4 is 21.6 Å². The van der Waals surface area contributed by atoms with E-state index in [4.69, 9.17) is 0 Å². The lowest BCUT2D eigenvalue weighted by atomic mass is 9.70. The maximum atomic E-state index is 12.3. The third-order valence-corrected chi connectivity index (χ3v) is 6.39. The van der Waals surface area contributed by atoms with Crippen molar-refractivity contribution in [1.29, 1.82) is 0 Å². The standard InChI is InChI=1S/C16H22N2O2S/c1-5-16(3,4)10-6-7-11-12(8-10)21-14-13(11)15(19)18(20)9(2)17-14/h10,20H,5-8H2,1-4H3. The van der Waals surface area contributed by atoms with Crippen LogP contribution in [0.15, 0.2) is 4.79 Å². The molecule has 4 nitrogen and oxygen atoms in total. The largest absolute Gasteiger partial charge is 0.424 e. The average Bonchev–Trinajstić information content (AvgIpc) is 2.81. The predicted octanol–water partition coefficient (Wildman–Crippen LogP) is 3.54. The number of rotatable bonds is 2. The topological polar surface area (TPSA) is 55.1 Å². The molecule has 1 aliphatic carbocycles. The summed E-state index contributed by atoms with van der Waals surface area (Å²) in [5.41, 5.74) is 1.13. The highest BCUT2D eigenvalue weighted by Crippen LogP contribution is 2.43. The van der Waals surface area contributed by atoms with E-state index in [0.29, 0.717) is 27.3 Å². The highest BCUT2D eigenvalue weighted by molar-refractivity contribution is 7.18. The number of nitrogens with zero attached hydrogens (tertiary/aromatic N) is 2. The van der Waals surface area contributed by atoms with Crippen LogP contribution in [-0.4, -0.2) is 14.9 Å². The van der Waals surface area contributed by atoms with Crippen LogP contribution in [0, 0.1) is 18.3 Å². The number of aryl methyl sites for hydroxylation is 2. The molecule has 1 aliphatic rings. The molecule has 0 aliphatic heterocycles. The van der Waals surface area contributed by atoms with Gasteiger partial charge in [0.2, 0.25) is 0 Å². The Morgan fingerprint density at radius 1 is 1.48 bits per heavy atom. The third kappa shape index (κ3) is 2.18. The summed E-state index contributed by atoms with van der Waals surface area (Å²) < 4.78 is 0.678. The van der Waals surface area contributed by atoms with Gasteiger partial charge in [0.25, 0.3) is 5.56 Å². The molecular weight excluding hydrogens is 284 g/mol. The highest BCUT2D eigenvalue weighted by atomic mass is 32.1. The van der Waals surface area contributed by atoms with Gasteiger partial charge in [0, 0.05) is 4.88 Å². The maximum Gasteiger partial charge on any atom is 0.295 e. The second kappa shape index (κ2) is 4.83. The van der Waals surface area contributed by atoms with E-state index in [-0.39, 0.29) is 5.56 Å². The van der Waals surface area contributed by atoms with Gasteiger partial charge in [-0.3, -0.25) is 4.79 Å². The van der Waals surface area contributed by atoms with Crippen molar-refractivity contribution in [3.8, 4) is 0 Å². The zero-order valence-corrected chi connectivity index (χ0v) is 13.9. The van der Waals surface area contributed by atoms with Gasteiger partial charge in [0.05, 0.1) is 5.39 Å². The summed E-state index contributed by atoms with van der Waals surface area (Å²) in [5, 5.41) is 10.4. The molecule has 0 fully saturated rings. The first-order valence-electron chi connectivity index (χ1n) is 7.58. The van der Waals surface area contributed by atoms with Crippen LogP contribution >= 0.6 is 11.3 Å². The first-order valence-corrected chi connectivity index (χ1v) is 8.40. The Balaban J connectivity index is 2.12. The lowest BCUT2D eigenvalue weighted by molar-refractivity contribution is 0.165. The van der Waals surface area contributed by atoms with Crippen LogP contribution in [0.1, 0.15) is 49.9 Å². The molecule has 2 aromatic rings. The molecule has 1 N–H and O–H groups in total. The van der Waals surface area contributed by atoms with Crippen LogP contribution in [0.4, 0.5) is 0 Å². The number of hydrogen-bond acceptors (Lipinski definition) is 4. The molecule has 0 spiro atoms. The van der Waals surface area contributed by atoms with E-state index in [2.05, 4.69) is 25.8 Å². The molecule has 5 heteroatoms. The molecule has 0 amide bonds. The number of hydrogen-bond donors (Lipinski definition) is 1. The van der Waals surface area contributed by atoms with E-state index in [1.807, 2.05) is 0 Å². The van der Waals surface area contributed by atoms with Crippen molar-refractivity contribution in [3.63, 3.8) is 0 Å². The fraction of sp³-hybridized carbons (Fsp3) is 0.625. The SMILES string of the molecule is CCC(C)(C)C1CCc2c(sc3nc(C)n(O)c(=O)c23)C1. The predicted molar refractivity (Wildman–Crippen MR) is 85.4 cm³/mol. The minimum atomic E-state index is -0.316. The van der Waals surface area contributed by atoms with Gasteiger partial charge in [-0.15, -0.1) is 16.1 Å². The normalized spacial score (nSPS) is 19.0. The molecule has 0 saturated carbocycles. The summed E-state index contributed by atoms with van der Waals surface area (Å²) in [5.74, 6) is 1.01. The van der Waals surface area contributed by atoms with Crippen LogP contribution in [0.25, 0.3) is 10.2 Å². The molecule has 21 heavy (non-hydrogen) atoms. The molecule has 0 bridgehead atoms. The summed E-state index contributed by atoms with van der Waals surface area (Å²) in [6.07, 6.45) is 4.22. The quantitative estimate of drug-likeness (QED) is 0.863. The minimum Gasteiger partial charge on any atom is -0.424 e. The molecular formula is C16H22N2O2S. The third-order valence-electron chi connectivity index (χ3n) is 5.24. The maximum absolute atomic E-state index is 12.3. The zero-order valence-electron chi connectivity index (χ0n) is 13.1. The number of fused-ring (bicyclic) bond motifs is 3. The van der Waals surface area contributed by atoms with Crippen LogP contribution in [0.3, 0.4) is 0 Å². The summed E-state index contributed by atoms with van der Waals surface area (Å²) >= 11 is 1.63. The molecule has 1 atom stereocenters. The molecule has 3 rings (SSSR count). The fourth-order valence-electron chi connectivity index (χ4n) is 3.27. The zero-order chi connectivity index (χ0) is 15.4. The molecule has 2 heterocycles. The monoisotopic (exact) mass is 306 g/mol. The van der Waals surface area contributed by atoms with Crippen molar-refractivity contribution in [2.24, 2.45) is 11.3 Å². The van der Waals surface area contributed by atoms with Crippen molar-refractivity contribution < 1.29 is 5.21 Å². The van der Waals surface area contributed by atoms with Gasteiger partial charge in [0.1, 0.15) is 10.7 Å². The Bertz CT molecular complexity index is 758. The van der Waals surface area contributed by atoms with Crippen molar-refractivity contribution in [2.75, 3.05) is 0 Å². The Kier molecular flexibility index (Phi) is 3.35. The second-order valence-corrected chi connectivity index (χ2v) is 7.83. The average molecular weight is 306 g/mol. The molecule has 1 unspecified atom stereocenters. The highest BCUT2D eigenvalue weighted by Gasteiger charge is 2.33. The van der Waals surface area contributed by atoms with E-state index in [1.54, 1.807) is 18.3 Å². The van der Waals surface area contributed by atoms with Crippen molar-refractivity contribution in [3.05, 3.63) is 26.6 Å². The number of thiophene rings is 1. The van der Waals surface area contributed by atoms with Gasteiger partial charge in [0.15, 0.2) is 0 Å². The van der Waals surface area contributed by atoms with Gasteiger partial charge in [-0.25, -0.2) is 4.98 Å². The Morgan fingerprint density at radius 2 is 2.19 bits per heavy atom. The van der Waals surface area contributed by atoms with Gasteiger partial charge in [-0.1, -0.05) is 27.2 Å². The Labute approximate surface area is 128 Å². The van der Waals surface area contributed by atoms with Crippen LogP contribution in [-0.2, 0) is 12.8 Å². The number of aromatic nitrogens is 2. The summed E-state index contributed by atoms with van der Waals surface area (Å²) in [7, 11) is 0. The lowest BCUT2D eigenvalue weighted by Gasteiger charge is -2.36. The molecule has 0 radical (unpaired) electrons. The fourth-order valence-corrected chi connectivity index (χ4v) is 4.61. The Morgan fingerprint density at radius 3 is 2.86 bits per heavy atom. The van der Waals surface area contributed by atoms with Crippen molar-refractivity contribution in [2.45, 2.75) is 53.4 Å². The summed E-state index contributed by atoms with van der Waals surface area (Å²) in [6.45, 7) is 8.57. The van der Waals surface area contributed by atoms with Crippen LogP contribution in [0.5, 0.6) is 0 Å². The van der Waals surface area contributed by atoms with Crippen LogP contribution < -0.4 is 5.56 Å². The summed E-state index contributed by atoms with van der Waals surface area (Å²) in [4.78, 5) is 18.7. The van der Waals surface area contributed by atoms with E-state index >= 15 is 0 Å². The molecule has 0 aromatic carbocycles. The van der Waals surface area contributed by atoms with Crippen molar-refractivity contribution in [1.82, 2.24) is 9.71 Å². The molecule has 0 saturated heterocycles. The van der Waals surface area contributed by atoms with Gasteiger partial charge in [-0.05, 0) is 43.1 Å². The smallest absolute Gasteiger partial charge is 0.295 e. The van der Waals surface area contributed by atoms with Gasteiger partial charge < -0.3 is 5.21 Å². The lowest BCUT2D eigenvalue weighted by Crippen LogP contribution is -2.29. The van der Waals surface area contributed by atoms with E-state index < -0.39 is 0 Å². The first-order chi connectivity index (χ1) is 9.85. The van der Waals surface area contributed by atoms with Gasteiger partial charge in [-0.2, -0.15) is 0 Å². The van der Waals surface area contributed by atoms with Crippen LogP contribution in [0.2, 0.25) is 0 Å². The minimum absolute atomic E-state index is 0.316. The molecule has 2 aromatic heterocycles. The Hall–Kier alpha value is -1.36. The second-order valence-electron chi connectivity index (χ2n) is 6.74. The molecule has 114 valence electrons. The summed E-state index contributed by atoms with van der Waals surface area (Å²) in [6, 6.07) is 0. The van der Waals surface area contributed by atoms with E-state index in [9.17, 15) is 10.0 Å². The first kappa shape index (κ1) is 14.6. The van der Waals surface area contributed by atoms with E-state index in [0.717, 1.165) is 29.7 Å². The van der Waals surface area contributed by atoms with Gasteiger partial charge >= 0.3 is 0 Å².